The van der Waals surface area contributed by atoms with Gasteiger partial charge in [-0.3, -0.25) is 72.9 Å². The number of aliphatic carboxylic acids is 1. The molecule has 648 valence electrons. The van der Waals surface area contributed by atoms with E-state index >= 15 is 0 Å². The first kappa shape index (κ1) is 92.3. The standard InChI is InChI=1S/C80H98Cl2N18O18S3/c1-9-50-40(3)52-34-57-64(44(7)101)42(5)54(90-57)32-53-41(4)51(68(93-53)66-67(78(112)117-8)71(105)65-43(6)55(94-69(65)66)33-56(50)89-52)11-10-12-61(102)91-58(31-45-14-20-49(21-15-45)100(26-23-81)27-24-82)75(108)98-99-80(113)118-28-29-119-120-38-60(77(110)111)95-74(107)59(35-63(104)84-25-30-121(114,115)116)92-62(103)22-13-39(2)87-73(106)46-16-18-47(19-17-46)85-36-48-37-86-72-70(88-48)76(109)97-79(83)96-72/h14-21,32,34,37,39-41,50-51,56,58-60,67,85,90,94H,9-13,22-31,33,35-36,38H2,1-8H3,(H,84,104)(H,87,106)(H,91,102)(H,92,103)(H,95,107)(H,98,108)(H,99,113)(H,110,111)(H,114,115,116)(H3,83,86,96,97,109)/b54-32-,57-34-,68-66-/t39-,40-,41+,50-,51+,56?,58?,59+,60+,67?/m1/s1. The first-order chi connectivity index (χ1) is 57.7. The molecule has 0 saturated carbocycles. The summed E-state index contributed by atoms with van der Waals surface area (Å²) in [7, 11) is -1.31. The van der Waals surface area contributed by atoms with E-state index in [0.29, 0.717) is 110 Å². The van der Waals surface area contributed by atoms with E-state index in [2.05, 4.69) is 86.5 Å². The van der Waals surface area contributed by atoms with Crippen molar-refractivity contribution in [2.45, 2.75) is 143 Å². The minimum absolute atomic E-state index is 0.00619. The Bertz CT molecular complexity index is 5360. The lowest BCUT2D eigenvalue weighted by molar-refractivity contribution is -0.142. The topological polar surface area (TPSA) is 534 Å². The number of nitrogens with zero attached hydrogens (tertiary/aromatic N) is 6. The summed E-state index contributed by atoms with van der Waals surface area (Å²) in [5.74, 6) is -10.2. The number of ether oxygens (including phenoxy) is 2. The normalized spacial score (nSPS) is 19.2. The van der Waals surface area contributed by atoms with Crippen LogP contribution in [0.4, 0.5) is 22.1 Å². The molecule has 10 rings (SSSR count). The highest BCUT2D eigenvalue weighted by atomic mass is 35.5. The highest BCUT2D eigenvalue weighted by Gasteiger charge is 2.49. The fourth-order valence-electron chi connectivity index (χ4n) is 15.2. The molecule has 8 bridgehead atoms. The van der Waals surface area contributed by atoms with Crippen LogP contribution in [-0.2, 0) is 72.5 Å². The number of halogens is 2. The zero-order valence-corrected chi connectivity index (χ0v) is 71.7. The molecule has 2 aromatic carbocycles. The Morgan fingerprint density at radius 2 is 1.51 bits per heavy atom. The second-order valence-electron chi connectivity index (χ2n) is 29.8. The summed E-state index contributed by atoms with van der Waals surface area (Å²) in [5.41, 5.74) is 18.2. The van der Waals surface area contributed by atoms with Gasteiger partial charge in [-0.15, -0.1) is 23.2 Å². The lowest BCUT2D eigenvalue weighted by atomic mass is 9.83. The van der Waals surface area contributed by atoms with Crippen molar-refractivity contribution in [2.24, 2.45) is 39.6 Å². The molecule has 36 nitrogen and oxygen atoms in total. The van der Waals surface area contributed by atoms with Crippen LogP contribution >= 0.6 is 44.8 Å². The van der Waals surface area contributed by atoms with Gasteiger partial charge >= 0.3 is 18.0 Å². The number of alkyl halides is 2. The van der Waals surface area contributed by atoms with Crippen LogP contribution in [0.2, 0.25) is 0 Å². The van der Waals surface area contributed by atoms with Crippen LogP contribution in [0.5, 0.6) is 0 Å². The number of ketones is 2. The van der Waals surface area contributed by atoms with Crippen LogP contribution in [0.3, 0.4) is 0 Å². The first-order valence-corrected chi connectivity index (χ1v) is 44.4. The molecule has 4 aliphatic rings. The van der Waals surface area contributed by atoms with Gasteiger partial charge in [0.2, 0.25) is 29.6 Å². The van der Waals surface area contributed by atoms with E-state index < -0.39 is 130 Å². The molecule has 0 saturated heterocycles. The number of methoxy groups -OCH3 is 1. The third-order valence-electron chi connectivity index (χ3n) is 21.5. The Kier molecular flexibility index (Phi) is 32.0. The van der Waals surface area contributed by atoms with Crippen molar-refractivity contribution in [3.05, 3.63) is 132 Å². The van der Waals surface area contributed by atoms with E-state index in [1.54, 1.807) is 43.3 Å². The second-order valence-corrected chi connectivity index (χ2v) is 34.8. The SMILES string of the molecule is CC[C@H]1C2Cc3[nH]c4c(c3C)C(=O)C(C(=O)OC)/C4=C3N=C(/C=c4\[nH]/c(c(C(C)=O)c4C)=C\C(=N2)[C@@H]1C)[C@@H](C)[C@@H]/3CCCC(=O)NC(Cc1ccc(N(CCCl)CCCl)cc1)C(=O)NNC(=O)OCCSSC[C@H](NC(=O)[C@H](CC(=O)NCCS(=O)(=O)O)NC(=O)CC[C@@H](C)NC(=O)c1ccc(NCc2cnc3nc(N)[nH]c(=O)c3n2)cc1)C(=O)O. The zero-order chi connectivity index (χ0) is 87.7. The predicted octanol–water partition coefficient (Wildman–Crippen LogP) is 4.46. The van der Waals surface area contributed by atoms with Gasteiger partial charge in [0, 0.05) is 148 Å². The maximum atomic E-state index is 14.8. The predicted molar refractivity (Wildman–Crippen MR) is 459 cm³/mol. The molecule has 3 unspecified atom stereocenters. The smallest absolute Gasteiger partial charge is 0.426 e. The van der Waals surface area contributed by atoms with Crippen molar-refractivity contribution in [1.82, 2.24) is 67.3 Å². The monoisotopic (exact) mass is 1760 g/mol. The van der Waals surface area contributed by atoms with E-state index in [1.165, 1.54) is 20.2 Å². The molecule has 121 heavy (non-hydrogen) atoms. The van der Waals surface area contributed by atoms with Crippen LogP contribution < -0.4 is 69.6 Å². The van der Waals surface area contributed by atoms with E-state index in [4.69, 9.17) is 48.4 Å². The average molecular weight is 1770 g/mol. The number of aliphatic imine (C=N–C) groups is 2. The summed E-state index contributed by atoms with van der Waals surface area (Å²) in [6.45, 7) is 13.4. The van der Waals surface area contributed by atoms with Gasteiger partial charge in [-0.05, 0) is 118 Å². The maximum Gasteiger partial charge on any atom is 0.426 e. The van der Waals surface area contributed by atoms with E-state index in [9.17, 15) is 75.6 Å². The summed E-state index contributed by atoms with van der Waals surface area (Å²) < 4.78 is 42.5. The number of nitrogens with two attached hydrogens (primary N) is 1. The molecular weight excluding hydrogens is 1670 g/mol. The molecule has 0 spiro atoms. The number of carboxylic acid groups (broad SMARTS) is 1. The van der Waals surface area contributed by atoms with Gasteiger partial charge in [-0.25, -0.2) is 25.0 Å². The number of carbonyl (C=O) groups excluding carboxylic acids is 10. The van der Waals surface area contributed by atoms with Crippen LogP contribution in [0, 0.1) is 43.4 Å². The van der Waals surface area contributed by atoms with E-state index in [0.717, 1.165) is 45.1 Å². The maximum absolute atomic E-state index is 14.8. The van der Waals surface area contributed by atoms with Crippen LogP contribution in [0.15, 0.2) is 75.2 Å². The fraction of sp³-hybridized carbons (Fsp3) is 0.463. The van der Waals surface area contributed by atoms with Gasteiger partial charge in [0.1, 0.15) is 30.7 Å². The second kappa shape index (κ2) is 42.0. The highest BCUT2D eigenvalue weighted by Crippen LogP contribution is 2.49. The lowest BCUT2D eigenvalue weighted by Gasteiger charge is -2.23. The van der Waals surface area contributed by atoms with Crippen molar-refractivity contribution < 1.29 is 80.3 Å². The van der Waals surface area contributed by atoms with Gasteiger partial charge < -0.3 is 67.1 Å². The number of anilines is 3. The molecule has 0 fully saturated rings. The molecule has 15 N–H and O–H groups in total. The molecule has 0 radical (unpaired) electrons. The Morgan fingerprint density at radius 3 is 2.19 bits per heavy atom. The average Bonchev–Trinajstić information content (AvgIpc) is 1.56. The number of nitrogen functional groups attached to an aromatic ring is 1. The molecule has 6 aromatic rings. The Morgan fingerprint density at radius 1 is 0.810 bits per heavy atom. The Labute approximate surface area is 713 Å². The van der Waals surface area contributed by atoms with E-state index in [-0.39, 0.29) is 109 Å². The number of hydrogen-bond acceptors (Lipinski definition) is 26. The largest absolute Gasteiger partial charge is 0.480 e. The number of H-pyrrole nitrogens is 3. The van der Waals surface area contributed by atoms with Gasteiger partial charge in [0.05, 0.1) is 60.5 Å². The molecule has 1 aliphatic carbocycles. The number of carbonyl (C=O) groups is 11. The molecule has 10 atom stereocenters. The Balaban J connectivity index is 0.741. The van der Waals surface area contributed by atoms with Crippen LogP contribution in [0.1, 0.15) is 144 Å². The lowest BCUT2D eigenvalue weighted by Crippen LogP contribution is -2.53. The summed E-state index contributed by atoms with van der Waals surface area (Å²) >= 11 is 12.2. The van der Waals surface area contributed by atoms with E-state index in [1.807, 2.05) is 50.0 Å². The van der Waals surface area contributed by atoms with Gasteiger partial charge in [0.25, 0.3) is 27.5 Å². The third-order valence-corrected chi connectivity index (χ3v) is 24.9. The number of benzene rings is 2. The van der Waals surface area contributed by atoms with Gasteiger partial charge in [-0.1, -0.05) is 60.9 Å². The number of carboxylic acids is 1. The number of rotatable bonds is 39. The number of nitrogens with one attached hydrogen (secondary N) is 11. The number of amides is 7. The number of hydrazine groups is 1. The van der Waals surface area contributed by atoms with Crippen molar-refractivity contribution in [2.75, 3.05) is 78.3 Å². The zero-order valence-electron chi connectivity index (χ0n) is 67.7. The highest BCUT2D eigenvalue weighted by molar-refractivity contribution is 8.76. The number of Topliss-reactive ketones (excluding diaryl/α,β-unsaturated/α-hetero) is 2. The molecule has 7 heterocycles. The number of allylic oxidation sites excluding steroid dienone is 1. The quantitative estimate of drug-likeness (QED) is 0.00370. The number of esters is 1. The minimum Gasteiger partial charge on any atom is -0.480 e. The summed E-state index contributed by atoms with van der Waals surface area (Å²) in [6, 6.07) is 8.13. The minimum atomic E-state index is -4.51. The van der Waals surface area contributed by atoms with Crippen molar-refractivity contribution in [1.29, 1.82) is 0 Å². The summed E-state index contributed by atoms with van der Waals surface area (Å²) in [6.07, 6.45) is 4.71. The fourth-order valence-corrected chi connectivity index (χ4v) is 17.9. The summed E-state index contributed by atoms with van der Waals surface area (Å²) in [5, 5.41) is 27.1. The molecule has 7 amide bonds. The third kappa shape index (κ3) is 23.8. The number of aromatic amines is 3. The molecule has 4 aromatic heterocycles. The Hall–Kier alpha value is -11.0. The summed E-state index contributed by atoms with van der Waals surface area (Å²) in [4.78, 5) is 197. The molecule has 3 aliphatic heterocycles. The van der Waals surface area contributed by atoms with Gasteiger partial charge in [-0.2, -0.15) is 13.4 Å². The first-order valence-electron chi connectivity index (χ1n) is 39.3. The number of fused-ring (bicyclic) bond motifs is 6. The molecular formula is C80H98Cl2N18O18S3. The molecule has 41 heteroatoms. The number of aromatic nitrogens is 6. The van der Waals surface area contributed by atoms with Crippen LogP contribution in [0.25, 0.3) is 28.9 Å². The van der Waals surface area contributed by atoms with Crippen molar-refractivity contribution in [3.8, 4) is 0 Å². The van der Waals surface area contributed by atoms with Crippen molar-refractivity contribution in [3.63, 3.8) is 0 Å². The van der Waals surface area contributed by atoms with Crippen LogP contribution in [-0.4, -0.2) is 217 Å². The van der Waals surface area contributed by atoms with Gasteiger partial charge in [0.15, 0.2) is 22.7 Å². The van der Waals surface area contributed by atoms with Crippen molar-refractivity contribution >= 4 is 178 Å². The number of hydrogen-bond donors (Lipinski definition) is 14.